The molecule has 27 heavy (non-hydrogen) atoms. The number of nitrogens with zero attached hydrogens (tertiary/aromatic N) is 3. The van der Waals surface area contributed by atoms with Crippen molar-refractivity contribution in [3.05, 3.63) is 121 Å². The van der Waals surface area contributed by atoms with Crippen LogP contribution in [0.3, 0.4) is 0 Å². The summed E-state index contributed by atoms with van der Waals surface area (Å²) in [4.78, 5) is 0. The maximum absolute atomic E-state index is 4.82. The predicted molar refractivity (Wildman–Crippen MR) is 115 cm³/mol. The van der Waals surface area contributed by atoms with Crippen molar-refractivity contribution in [1.29, 1.82) is 0 Å². The number of para-hydroxylation sites is 3. The number of hydrogen-bond donors (Lipinski definition) is 0. The van der Waals surface area contributed by atoms with Gasteiger partial charge in [0, 0.05) is 19.5 Å². The monoisotopic (exact) mass is 447 g/mol. The van der Waals surface area contributed by atoms with Gasteiger partial charge in [-0.1, -0.05) is 96.9 Å². The van der Waals surface area contributed by atoms with E-state index in [0.29, 0.717) is 0 Å². The van der Waals surface area contributed by atoms with Crippen molar-refractivity contribution in [1.82, 2.24) is 0 Å². The molecule has 0 heterocycles. The summed E-state index contributed by atoms with van der Waals surface area (Å²) in [5.74, 6) is 0. The van der Waals surface area contributed by atoms with Crippen LogP contribution in [-0.2, 0) is 25.9 Å². The fourth-order valence-corrected chi connectivity index (χ4v) is 2.59. The molecule has 0 aliphatic rings. The number of hydrogen-bond acceptors (Lipinski definition) is 0. The molecule has 0 aromatic heterocycles. The second-order valence-electron chi connectivity index (χ2n) is 5.47. The van der Waals surface area contributed by atoms with E-state index in [4.69, 9.17) is 10.6 Å². The molecule has 0 bridgehead atoms. The van der Waals surface area contributed by atoms with Crippen LogP contribution < -0.4 is 0 Å². The predicted octanol–water partition coefficient (Wildman–Crippen LogP) is 7.50. The molecule has 3 aromatic carbocycles. The van der Waals surface area contributed by atoms with Crippen LogP contribution in [0.5, 0.6) is 0 Å². The first-order valence-corrected chi connectivity index (χ1v) is 8.04. The molecule has 0 atom stereocenters. The van der Waals surface area contributed by atoms with Gasteiger partial charge in [-0.2, -0.15) is 0 Å². The van der Waals surface area contributed by atoms with Gasteiger partial charge in [-0.25, -0.2) is 6.17 Å². The average molecular weight is 447 g/mol. The first kappa shape index (κ1) is 24.7. The Bertz CT molecular complexity index is 706. The molecule has 0 spiro atoms. The van der Waals surface area contributed by atoms with Gasteiger partial charge in [0.05, 0.1) is 0 Å². The quantitative estimate of drug-likeness (QED) is 0.266. The zero-order chi connectivity index (χ0) is 16.6. The molecule has 3 rings (SSSR count). The molecule has 4 heteroatoms. The molecule has 0 amide bonds. The SMILES string of the molecule is C[N-]c1ccccc1CC([N-]c1ccccc1)[N-]c1ccccc1.[CH3-].[CH3-].[Rh]. The molecular formula is C23H26N3Rh-5. The normalized spacial score (nSPS) is 9.26. The van der Waals surface area contributed by atoms with Crippen LogP contribution in [0.15, 0.2) is 84.9 Å². The average Bonchev–Trinajstić information content (AvgIpc) is 2.64. The Labute approximate surface area is 177 Å². The Kier molecular flexibility index (Phi) is 11.8. The van der Waals surface area contributed by atoms with E-state index < -0.39 is 0 Å². The van der Waals surface area contributed by atoms with E-state index >= 15 is 0 Å². The molecule has 0 saturated carbocycles. The number of rotatable bonds is 7. The standard InChI is InChI=1S/C21H20N3.2CH3.Rh/c1-22-20-15-9-8-10-17(20)16-21(23-18-11-4-2-5-12-18)24-19-13-6-3-7-14-19;;;/h2-15,21H,16H2,1H3;2*1H3;/q-3;2*-1;. The Morgan fingerprint density at radius 3 is 1.59 bits per heavy atom. The van der Waals surface area contributed by atoms with Crippen molar-refractivity contribution in [3.63, 3.8) is 0 Å². The summed E-state index contributed by atoms with van der Waals surface area (Å²) in [6, 6.07) is 28.1. The Hall–Kier alpha value is -2.32. The summed E-state index contributed by atoms with van der Waals surface area (Å²) in [5.41, 5.74) is 4.03. The third-order valence-corrected chi connectivity index (χ3v) is 3.74. The first-order chi connectivity index (χ1) is 11.8. The van der Waals surface area contributed by atoms with E-state index in [2.05, 4.69) is 11.4 Å². The van der Waals surface area contributed by atoms with Gasteiger partial charge in [-0.3, -0.25) is 0 Å². The van der Waals surface area contributed by atoms with Crippen molar-refractivity contribution < 1.29 is 19.5 Å². The zero-order valence-corrected chi connectivity index (χ0v) is 17.7. The maximum atomic E-state index is 4.82. The van der Waals surface area contributed by atoms with Crippen LogP contribution in [0.1, 0.15) is 5.56 Å². The first-order valence-electron chi connectivity index (χ1n) is 8.04. The molecule has 0 N–H and O–H groups in total. The van der Waals surface area contributed by atoms with Gasteiger partial charge in [0.25, 0.3) is 0 Å². The Morgan fingerprint density at radius 2 is 1.11 bits per heavy atom. The van der Waals surface area contributed by atoms with Gasteiger partial charge in [0.15, 0.2) is 0 Å². The van der Waals surface area contributed by atoms with E-state index in [9.17, 15) is 0 Å². The largest absolute Gasteiger partial charge is 0.696 e. The molecule has 3 aromatic rings. The molecule has 3 nitrogen and oxygen atoms in total. The van der Waals surface area contributed by atoms with Gasteiger partial charge < -0.3 is 30.8 Å². The fraction of sp³-hybridized carbons (Fsp3) is 0.130. The van der Waals surface area contributed by atoms with Crippen LogP contribution >= 0.6 is 0 Å². The smallest absolute Gasteiger partial charge is 0 e. The molecule has 0 aliphatic carbocycles. The van der Waals surface area contributed by atoms with Gasteiger partial charge in [-0.05, 0) is 0 Å². The van der Waals surface area contributed by atoms with Crippen molar-refractivity contribution in [2.75, 3.05) is 7.05 Å². The van der Waals surface area contributed by atoms with Crippen LogP contribution in [0.25, 0.3) is 16.0 Å². The van der Waals surface area contributed by atoms with Crippen LogP contribution in [0, 0.1) is 14.9 Å². The Balaban J connectivity index is 0.00000225. The summed E-state index contributed by atoms with van der Waals surface area (Å²) in [6.45, 7) is 0. The Morgan fingerprint density at radius 1 is 0.667 bits per heavy atom. The fourth-order valence-electron chi connectivity index (χ4n) is 2.59. The van der Waals surface area contributed by atoms with Crippen molar-refractivity contribution in [2.24, 2.45) is 0 Å². The molecule has 0 aliphatic heterocycles. The molecule has 0 saturated heterocycles. The second-order valence-corrected chi connectivity index (χ2v) is 5.47. The van der Waals surface area contributed by atoms with Gasteiger partial charge in [0.2, 0.25) is 0 Å². The summed E-state index contributed by atoms with van der Waals surface area (Å²) < 4.78 is 0. The third kappa shape index (κ3) is 7.44. The molecule has 147 valence electrons. The van der Waals surface area contributed by atoms with Crippen molar-refractivity contribution in [3.8, 4) is 0 Å². The minimum atomic E-state index is -0.183. The van der Waals surface area contributed by atoms with E-state index in [1.54, 1.807) is 0 Å². The van der Waals surface area contributed by atoms with Crippen molar-refractivity contribution in [2.45, 2.75) is 12.6 Å². The summed E-state index contributed by atoms with van der Waals surface area (Å²) >= 11 is 0. The molecular weight excluding hydrogens is 421 g/mol. The van der Waals surface area contributed by atoms with Crippen LogP contribution in [0.4, 0.5) is 17.1 Å². The van der Waals surface area contributed by atoms with E-state index in [1.807, 2.05) is 85.9 Å². The zero-order valence-electron chi connectivity index (χ0n) is 16.0. The molecule has 0 unspecified atom stereocenters. The van der Waals surface area contributed by atoms with Crippen LogP contribution in [-0.4, -0.2) is 13.2 Å². The van der Waals surface area contributed by atoms with E-state index in [1.165, 1.54) is 0 Å². The topological polar surface area (TPSA) is 42.3 Å². The summed E-state index contributed by atoms with van der Waals surface area (Å²) in [5, 5.41) is 14.0. The minimum absolute atomic E-state index is 0. The van der Waals surface area contributed by atoms with Gasteiger partial charge in [-0.15, -0.1) is 24.1 Å². The molecule has 0 fully saturated rings. The minimum Gasteiger partial charge on any atom is -0.696 e. The maximum Gasteiger partial charge on any atom is 0 e. The third-order valence-electron chi connectivity index (χ3n) is 3.74. The van der Waals surface area contributed by atoms with Crippen molar-refractivity contribution >= 4 is 17.1 Å². The summed E-state index contributed by atoms with van der Waals surface area (Å²) in [7, 11) is 1.82. The van der Waals surface area contributed by atoms with Gasteiger partial charge >= 0.3 is 0 Å². The summed E-state index contributed by atoms with van der Waals surface area (Å²) in [6.07, 6.45) is 0.537. The van der Waals surface area contributed by atoms with Gasteiger partial charge in [0.1, 0.15) is 0 Å². The molecule has 1 radical (unpaired) electrons. The van der Waals surface area contributed by atoms with E-state index in [-0.39, 0.29) is 40.5 Å². The van der Waals surface area contributed by atoms with E-state index in [0.717, 1.165) is 29.0 Å². The number of benzene rings is 3. The second kappa shape index (κ2) is 12.9. The van der Waals surface area contributed by atoms with Crippen LogP contribution in [0.2, 0.25) is 0 Å².